The van der Waals surface area contributed by atoms with Gasteiger partial charge in [0.1, 0.15) is 17.7 Å². The Morgan fingerprint density at radius 3 is 1.90 bits per heavy atom. The molecule has 150 valence electrons. The summed E-state index contributed by atoms with van der Waals surface area (Å²) in [5, 5.41) is 12.5. The first-order valence-electron chi connectivity index (χ1n) is 9.63. The van der Waals surface area contributed by atoms with Crippen molar-refractivity contribution in [2.75, 3.05) is 0 Å². The standard InChI is InChI=1S/C26H20F2O2/c1-15-3-13-22-21(23(15)25(29)17-5-9-19(27)10-6-17)14-4-16(2)24(22)26(30)18-7-11-20(28)12-8-18/h3-14,25,29H,1-2H3. The highest BCUT2D eigenvalue weighted by atomic mass is 19.1. The number of hydrogen-bond donors (Lipinski definition) is 1. The molecule has 0 aliphatic heterocycles. The Labute approximate surface area is 173 Å². The van der Waals surface area contributed by atoms with Gasteiger partial charge in [-0.1, -0.05) is 36.4 Å². The molecule has 0 aromatic heterocycles. The highest BCUT2D eigenvalue weighted by molar-refractivity contribution is 6.17. The lowest BCUT2D eigenvalue weighted by Gasteiger charge is -2.19. The zero-order chi connectivity index (χ0) is 21.4. The van der Waals surface area contributed by atoms with Crippen LogP contribution < -0.4 is 0 Å². The second-order valence-corrected chi connectivity index (χ2v) is 7.44. The number of carbonyl (C=O) groups is 1. The van der Waals surface area contributed by atoms with Crippen molar-refractivity contribution in [1.29, 1.82) is 0 Å². The molecule has 0 spiro atoms. The fourth-order valence-electron chi connectivity index (χ4n) is 3.87. The molecule has 1 unspecified atom stereocenters. The van der Waals surface area contributed by atoms with Gasteiger partial charge >= 0.3 is 0 Å². The van der Waals surface area contributed by atoms with E-state index in [1.165, 1.54) is 36.4 Å². The summed E-state index contributed by atoms with van der Waals surface area (Å²) in [5.74, 6) is -0.978. The van der Waals surface area contributed by atoms with Crippen LogP contribution in [0, 0.1) is 25.5 Å². The van der Waals surface area contributed by atoms with Crippen molar-refractivity contribution in [3.05, 3.63) is 118 Å². The summed E-state index contributed by atoms with van der Waals surface area (Å²) in [7, 11) is 0. The third-order valence-electron chi connectivity index (χ3n) is 5.46. The summed E-state index contributed by atoms with van der Waals surface area (Å²) in [6, 6.07) is 18.7. The molecule has 1 atom stereocenters. The number of ketones is 1. The van der Waals surface area contributed by atoms with E-state index < -0.39 is 11.9 Å². The van der Waals surface area contributed by atoms with Crippen molar-refractivity contribution in [2.24, 2.45) is 0 Å². The van der Waals surface area contributed by atoms with Crippen LogP contribution in [0.25, 0.3) is 10.8 Å². The molecule has 0 radical (unpaired) electrons. The molecule has 4 rings (SSSR count). The Balaban J connectivity index is 1.91. The van der Waals surface area contributed by atoms with Crippen molar-refractivity contribution < 1.29 is 18.7 Å². The van der Waals surface area contributed by atoms with Crippen LogP contribution in [0.5, 0.6) is 0 Å². The normalized spacial score (nSPS) is 12.2. The van der Waals surface area contributed by atoms with Crippen LogP contribution in [-0.4, -0.2) is 10.9 Å². The van der Waals surface area contributed by atoms with Crippen LogP contribution in [-0.2, 0) is 0 Å². The molecule has 4 aromatic rings. The maximum atomic E-state index is 13.3. The maximum absolute atomic E-state index is 13.3. The average Bonchev–Trinajstić information content (AvgIpc) is 2.74. The second-order valence-electron chi connectivity index (χ2n) is 7.44. The first-order valence-corrected chi connectivity index (χ1v) is 9.63. The lowest BCUT2D eigenvalue weighted by Crippen LogP contribution is -2.08. The summed E-state index contributed by atoms with van der Waals surface area (Å²) in [6.45, 7) is 3.75. The fraction of sp³-hybridized carbons (Fsp3) is 0.115. The van der Waals surface area contributed by atoms with E-state index in [1.54, 1.807) is 12.1 Å². The molecule has 0 bridgehead atoms. The van der Waals surface area contributed by atoms with Gasteiger partial charge in [-0.3, -0.25) is 4.79 Å². The first kappa shape index (κ1) is 19.9. The van der Waals surface area contributed by atoms with E-state index in [2.05, 4.69) is 0 Å². The van der Waals surface area contributed by atoms with Gasteiger partial charge in [0.05, 0.1) is 0 Å². The van der Waals surface area contributed by atoms with Gasteiger partial charge in [-0.25, -0.2) is 8.78 Å². The summed E-state index contributed by atoms with van der Waals surface area (Å²) in [5.41, 5.74) is 3.82. The van der Waals surface area contributed by atoms with Gasteiger partial charge in [-0.15, -0.1) is 0 Å². The number of hydrogen-bond acceptors (Lipinski definition) is 2. The average molecular weight is 402 g/mol. The number of aliphatic hydroxyl groups is 1. The highest BCUT2D eigenvalue weighted by Crippen LogP contribution is 2.35. The lowest BCUT2D eigenvalue weighted by molar-refractivity contribution is 0.103. The molecule has 0 amide bonds. The van der Waals surface area contributed by atoms with E-state index in [4.69, 9.17) is 0 Å². The van der Waals surface area contributed by atoms with Gasteiger partial charge in [0.25, 0.3) is 0 Å². The molecule has 0 saturated carbocycles. The molecule has 0 aliphatic rings. The molecule has 0 heterocycles. The van der Waals surface area contributed by atoms with E-state index in [0.717, 1.165) is 16.5 Å². The third kappa shape index (κ3) is 3.51. The SMILES string of the molecule is Cc1ccc2c(C(O)c3ccc(F)cc3)c(C)ccc2c1C(=O)c1ccc(F)cc1. The summed E-state index contributed by atoms with van der Waals surface area (Å²) in [4.78, 5) is 13.2. The van der Waals surface area contributed by atoms with Gasteiger partial charge in [-0.2, -0.15) is 0 Å². The largest absolute Gasteiger partial charge is 0.384 e. The molecular formula is C26H20F2O2. The second kappa shape index (κ2) is 7.81. The Morgan fingerprint density at radius 1 is 0.733 bits per heavy atom. The molecule has 0 aliphatic carbocycles. The smallest absolute Gasteiger partial charge is 0.193 e. The lowest BCUT2D eigenvalue weighted by atomic mass is 9.87. The third-order valence-corrected chi connectivity index (χ3v) is 5.46. The van der Waals surface area contributed by atoms with Crippen LogP contribution in [0.3, 0.4) is 0 Å². The molecular weight excluding hydrogens is 382 g/mol. The van der Waals surface area contributed by atoms with E-state index in [0.29, 0.717) is 27.6 Å². The van der Waals surface area contributed by atoms with Gasteiger partial charge in [0, 0.05) is 11.1 Å². The number of aryl methyl sites for hydroxylation is 2. The zero-order valence-corrected chi connectivity index (χ0v) is 16.6. The first-order chi connectivity index (χ1) is 14.4. The predicted molar refractivity (Wildman–Crippen MR) is 114 cm³/mol. The Hall–Kier alpha value is -3.37. The summed E-state index contributed by atoms with van der Waals surface area (Å²) in [6.07, 6.45) is -0.967. The molecule has 2 nitrogen and oxygen atoms in total. The molecule has 0 fully saturated rings. The quantitative estimate of drug-likeness (QED) is 0.422. The van der Waals surface area contributed by atoms with Crippen molar-refractivity contribution in [3.63, 3.8) is 0 Å². The minimum atomic E-state index is -0.967. The van der Waals surface area contributed by atoms with Crippen LogP contribution in [0.4, 0.5) is 8.78 Å². The van der Waals surface area contributed by atoms with Crippen molar-refractivity contribution in [2.45, 2.75) is 20.0 Å². The number of benzene rings is 4. The Kier molecular flexibility index (Phi) is 5.18. The fourth-order valence-corrected chi connectivity index (χ4v) is 3.87. The van der Waals surface area contributed by atoms with Gasteiger partial charge < -0.3 is 5.11 Å². The molecule has 1 N–H and O–H groups in total. The van der Waals surface area contributed by atoms with Crippen LogP contribution in [0.2, 0.25) is 0 Å². The van der Waals surface area contributed by atoms with Crippen molar-refractivity contribution >= 4 is 16.6 Å². The number of aliphatic hydroxyl groups excluding tert-OH is 1. The van der Waals surface area contributed by atoms with Crippen molar-refractivity contribution in [1.82, 2.24) is 0 Å². The Morgan fingerprint density at radius 2 is 1.27 bits per heavy atom. The van der Waals surface area contributed by atoms with Crippen molar-refractivity contribution in [3.8, 4) is 0 Å². The highest BCUT2D eigenvalue weighted by Gasteiger charge is 2.21. The van der Waals surface area contributed by atoms with E-state index in [-0.39, 0.29) is 11.6 Å². The maximum Gasteiger partial charge on any atom is 0.193 e. The number of halogens is 2. The van der Waals surface area contributed by atoms with Gasteiger partial charge in [0.15, 0.2) is 5.78 Å². The Bertz CT molecular complexity index is 1240. The number of carbonyl (C=O) groups excluding carboxylic acids is 1. The van der Waals surface area contributed by atoms with E-state index in [9.17, 15) is 18.7 Å². The van der Waals surface area contributed by atoms with E-state index in [1.807, 2.05) is 38.1 Å². The number of fused-ring (bicyclic) bond motifs is 1. The monoisotopic (exact) mass is 402 g/mol. The molecule has 4 aromatic carbocycles. The topological polar surface area (TPSA) is 37.3 Å². The summed E-state index contributed by atoms with van der Waals surface area (Å²) >= 11 is 0. The van der Waals surface area contributed by atoms with Crippen LogP contribution >= 0.6 is 0 Å². The molecule has 30 heavy (non-hydrogen) atoms. The van der Waals surface area contributed by atoms with Crippen LogP contribution in [0.1, 0.15) is 44.3 Å². The molecule has 0 saturated heterocycles. The number of rotatable bonds is 4. The minimum absolute atomic E-state index is 0.204. The van der Waals surface area contributed by atoms with Crippen LogP contribution in [0.15, 0.2) is 72.8 Å². The van der Waals surface area contributed by atoms with E-state index >= 15 is 0 Å². The predicted octanol–water partition coefficient (Wildman–Crippen LogP) is 6.05. The minimum Gasteiger partial charge on any atom is -0.384 e. The molecule has 4 heteroatoms. The van der Waals surface area contributed by atoms with Gasteiger partial charge in [-0.05, 0) is 83.3 Å². The zero-order valence-electron chi connectivity index (χ0n) is 16.6. The summed E-state index contributed by atoms with van der Waals surface area (Å²) < 4.78 is 26.6. The van der Waals surface area contributed by atoms with Gasteiger partial charge in [0.2, 0.25) is 0 Å².